The lowest BCUT2D eigenvalue weighted by molar-refractivity contribution is -0.147. The van der Waals surface area contributed by atoms with Crippen LogP contribution in [0.3, 0.4) is 0 Å². The zero-order chi connectivity index (χ0) is 36.4. The summed E-state index contributed by atoms with van der Waals surface area (Å²) in [5.41, 5.74) is 5.79. The second-order valence-electron chi connectivity index (χ2n) is 14.4. The molecule has 0 aromatic carbocycles. The lowest BCUT2D eigenvalue weighted by Gasteiger charge is -2.25. The molecule has 0 aliphatic rings. The molecule has 0 saturated heterocycles. The number of primary amides is 1. The largest absolute Gasteiger partial charge is 0.379 e. The third kappa shape index (κ3) is 36.6. The van der Waals surface area contributed by atoms with E-state index in [0.717, 1.165) is 32.4 Å². The highest BCUT2D eigenvalue weighted by atomic mass is 16.6. The lowest BCUT2D eigenvalue weighted by Crippen LogP contribution is -2.46. The molecule has 0 bridgehead atoms. The zero-order valence-electron chi connectivity index (χ0n) is 33.7. The van der Waals surface area contributed by atoms with E-state index in [0.29, 0.717) is 26.4 Å². The average Bonchev–Trinajstić information content (AvgIpc) is 3.11. The second kappa shape index (κ2) is 42.2. The lowest BCUT2D eigenvalue weighted by atomic mass is 10.1. The molecule has 0 aromatic heterocycles. The van der Waals surface area contributed by atoms with Crippen LogP contribution in [0.15, 0.2) is 24.3 Å². The van der Waals surface area contributed by atoms with Crippen LogP contribution in [0.2, 0.25) is 0 Å². The molecule has 0 radical (unpaired) electrons. The number of carbonyl (C=O) groups excluding carboxylic acids is 1. The second-order valence-corrected chi connectivity index (χ2v) is 14.4. The van der Waals surface area contributed by atoms with Gasteiger partial charge in [-0.3, -0.25) is 4.79 Å². The van der Waals surface area contributed by atoms with Crippen LogP contribution in [0.5, 0.6) is 0 Å². The van der Waals surface area contributed by atoms with Crippen molar-refractivity contribution in [3.63, 3.8) is 0 Å². The molecule has 1 amide bonds. The van der Waals surface area contributed by atoms with Crippen LogP contribution < -0.4 is 11.1 Å². The molecule has 0 heterocycles. The number of amides is 1. The average molecular weight is 707 g/mol. The number of rotatable bonds is 42. The van der Waals surface area contributed by atoms with E-state index in [1.807, 2.05) is 0 Å². The number of nitrogens with two attached hydrogens (primary N) is 1. The van der Waals surface area contributed by atoms with Crippen LogP contribution in [0.4, 0.5) is 0 Å². The quantitative estimate of drug-likeness (QED) is 0.0488. The maximum absolute atomic E-state index is 12.4. The first-order chi connectivity index (χ1) is 24.7. The molecule has 0 aliphatic heterocycles. The Morgan fingerprint density at radius 1 is 0.520 bits per heavy atom. The number of hydrogen-bond donors (Lipinski definition) is 2. The van der Waals surface area contributed by atoms with Crippen molar-refractivity contribution in [2.24, 2.45) is 5.73 Å². The molecule has 2 atom stereocenters. The van der Waals surface area contributed by atoms with E-state index in [1.54, 1.807) is 0 Å². The number of likely N-dealkylation sites (N-methyl/N-ethyl adjacent to an activating group) is 1. The molecule has 50 heavy (non-hydrogen) atoms. The topological polar surface area (TPSA) is 82.8 Å². The van der Waals surface area contributed by atoms with Crippen LogP contribution in [0.1, 0.15) is 201 Å². The van der Waals surface area contributed by atoms with Crippen molar-refractivity contribution >= 4 is 5.91 Å². The Morgan fingerprint density at radius 3 is 1.34 bits per heavy atom. The Kier molecular flexibility index (Phi) is 41.2. The molecule has 2 unspecified atom stereocenters. The van der Waals surface area contributed by atoms with Crippen LogP contribution in [-0.2, 0) is 19.0 Å². The van der Waals surface area contributed by atoms with Gasteiger partial charge in [-0.2, -0.15) is 0 Å². The molecule has 3 N–H and O–H groups in total. The van der Waals surface area contributed by atoms with Gasteiger partial charge in [0.25, 0.3) is 0 Å². The van der Waals surface area contributed by atoms with Crippen molar-refractivity contribution in [2.75, 3.05) is 39.5 Å². The van der Waals surface area contributed by atoms with Gasteiger partial charge >= 0.3 is 0 Å². The number of ether oxygens (including phenoxy) is 3. The molecule has 0 aromatic rings. The van der Waals surface area contributed by atoms with Gasteiger partial charge in [0, 0.05) is 19.8 Å². The molecule has 0 spiro atoms. The van der Waals surface area contributed by atoms with Gasteiger partial charge in [-0.05, 0) is 70.8 Å². The molecule has 6 nitrogen and oxygen atoms in total. The highest BCUT2D eigenvalue weighted by Gasteiger charge is 2.28. The van der Waals surface area contributed by atoms with Gasteiger partial charge in [0.1, 0.15) is 6.10 Å². The number of carbonyl (C=O) groups is 1. The zero-order valence-corrected chi connectivity index (χ0v) is 33.7. The first-order valence-corrected chi connectivity index (χ1v) is 21.8. The first kappa shape index (κ1) is 48.8. The third-order valence-corrected chi connectivity index (χ3v) is 9.52. The van der Waals surface area contributed by atoms with Gasteiger partial charge in [-0.25, -0.2) is 0 Å². The van der Waals surface area contributed by atoms with Gasteiger partial charge in [-0.1, -0.05) is 161 Å². The summed E-state index contributed by atoms with van der Waals surface area (Å²) in [5.74, 6) is -0.469. The van der Waals surface area contributed by atoms with Crippen LogP contribution in [0.25, 0.3) is 0 Å². The third-order valence-electron chi connectivity index (χ3n) is 9.52. The van der Waals surface area contributed by atoms with Crippen LogP contribution in [0, 0.1) is 0 Å². The van der Waals surface area contributed by atoms with Gasteiger partial charge in [0.2, 0.25) is 5.91 Å². The summed E-state index contributed by atoms with van der Waals surface area (Å²) in [7, 11) is 0. The van der Waals surface area contributed by atoms with Crippen molar-refractivity contribution in [1.29, 1.82) is 0 Å². The predicted molar refractivity (Wildman–Crippen MR) is 217 cm³/mol. The molecular formula is C44H86N2O4. The fraction of sp³-hybridized carbons (Fsp3) is 0.886. The van der Waals surface area contributed by atoms with E-state index in [2.05, 4.69) is 50.4 Å². The number of nitrogens with one attached hydrogen (secondary N) is 1. The molecular weight excluding hydrogens is 620 g/mol. The van der Waals surface area contributed by atoms with Gasteiger partial charge in [0.15, 0.2) is 6.10 Å². The molecule has 6 heteroatoms. The van der Waals surface area contributed by atoms with E-state index >= 15 is 0 Å². The maximum atomic E-state index is 12.4. The molecule has 0 fully saturated rings. The SMILES string of the molecule is CCCCCCCC/C=C\CCCCCCCCOCC(OCCNCC)C(OCCCCCCCC/C=C\CCCCCCCC)C(N)=O. The molecule has 0 rings (SSSR count). The van der Waals surface area contributed by atoms with Crippen molar-refractivity contribution in [2.45, 2.75) is 213 Å². The Balaban J connectivity index is 4.02. The van der Waals surface area contributed by atoms with E-state index in [-0.39, 0.29) is 0 Å². The summed E-state index contributed by atoms with van der Waals surface area (Å²) in [5, 5.41) is 3.27. The van der Waals surface area contributed by atoms with Crippen LogP contribution in [-0.4, -0.2) is 57.6 Å². The summed E-state index contributed by atoms with van der Waals surface area (Å²) < 4.78 is 18.1. The summed E-state index contributed by atoms with van der Waals surface area (Å²) in [6.45, 7) is 10.3. The summed E-state index contributed by atoms with van der Waals surface area (Å²) in [4.78, 5) is 12.4. The number of hydrogen-bond acceptors (Lipinski definition) is 5. The molecule has 296 valence electrons. The van der Waals surface area contributed by atoms with Gasteiger partial charge < -0.3 is 25.3 Å². The summed E-state index contributed by atoms with van der Waals surface area (Å²) in [6.07, 6.45) is 44.1. The number of allylic oxidation sites excluding steroid dienone is 4. The minimum Gasteiger partial charge on any atom is -0.379 e. The highest BCUT2D eigenvalue weighted by Crippen LogP contribution is 2.13. The van der Waals surface area contributed by atoms with E-state index in [1.165, 1.54) is 161 Å². The predicted octanol–water partition coefficient (Wildman–Crippen LogP) is 11.9. The van der Waals surface area contributed by atoms with Crippen molar-refractivity contribution in [3.05, 3.63) is 24.3 Å². The smallest absolute Gasteiger partial charge is 0.249 e. The highest BCUT2D eigenvalue weighted by molar-refractivity contribution is 5.79. The van der Waals surface area contributed by atoms with Gasteiger partial charge in [-0.15, -0.1) is 0 Å². The fourth-order valence-electron chi connectivity index (χ4n) is 6.27. The van der Waals surface area contributed by atoms with Crippen molar-refractivity contribution < 1.29 is 19.0 Å². The minimum atomic E-state index is -0.778. The number of unbranched alkanes of at least 4 members (excludes halogenated alkanes) is 24. The monoisotopic (exact) mass is 707 g/mol. The first-order valence-electron chi connectivity index (χ1n) is 21.8. The minimum absolute atomic E-state index is 0.332. The van der Waals surface area contributed by atoms with Gasteiger partial charge in [0.05, 0.1) is 13.2 Å². The van der Waals surface area contributed by atoms with E-state index in [4.69, 9.17) is 19.9 Å². The normalized spacial score (nSPS) is 13.2. The van der Waals surface area contributed by atoms with Crippen molar-refractivity contribution in [1.82, 2.24) is 5.32 Å². The Morgan fingerprint density at radius 2 is 0.920 bits per heavy atom. The standard InChI is InChI=1S/C44H86N2O4/c1-4-7-9-11-13-15-17-19-21-23-25-27-29-31-33-35-38-48-41-42(49-40-37-46-6-3)43(44(45)47)50-39-36-34-32-30-28-26-24-22-20-18-16-14-12-10-8-5-2/h19-22,42-43,46H,4-18,23-41H2,1-3H3,(H2,45,47)/b21-19-,22-20-. The Labute approximate surface area is 311 Å². The maximum Gasteiger partial charge on any atom is 0.249 e. The summed E-state index contributed by atoms with van der Waals surface area (Å²) in [6, 6.07) is 0. The van der Waals surface area contributed by atoms with Crippen LogP contribution >= 0.6 is 0 Å². The van der Waals surface area contributed by atoms with Crippen molar-refractivity contribution in [3.8, 4) is 0 Å². The van der Waals surface area contributed by atoms with E-state index in [9.17, 15) is 4.79 Å². The molecule has 0 saturated carbocycles. The van der Waals surface area contributed by atoms with E-state index < -0.39 is 18.1 Å². The Bertz CT molecular complexity index is 729. The summed E-state index contributed by atoms with van der Waals surface area (Å²) >= 11 is 0. The fourth-order valence-corrected chi connectivity index (χ4v) is 6.27. The Hall–Kier alpha value is -1.21. The molecule has 0 aliphatic carbocycles.